The Morgan fingerprint density at radius 2 is 1.52 bits per heavy atom. The van der Waals surface area contributed by atoms with Crippen LogP contribution < -0.4 is 5.32 Å². The van der Waals surface area contributed by atoms with E-state index in [0.29, 0.717) is 6.04 Å². The standard InChI is InChI=1S/C18H37N3/c1-15(2)17-5-7-18(8-6-17)21-13-11-20(12-14-21)10-9-19-16(3)4/h15-19H,5-14H2,1-4H3. The van der Waals surface area contributed by atoms with E-state index >= 15 is 0 Å². The van der Waals surface area contributed by atoms with Crippen molar-refractivity contribution < 1.29 is 0 Å². The number of hydrogen-bond acceptors (Lipinski definition) is 3. The van der Waals surface area contributed by atoms with Crippen LogP contribution in [0, 0.1) is 11.8 Å². The van der Waals surface area contributed by atoms with Gasteiger partial charge in [0.2, 0.25) is 0 Å². The zero-order valence-electron chi connectivity index (χ0n) is 14.8. The van der Waals surface area contributed by atoms with Gasteiger partial charge in [0.15, 0.2) is 0 Å². The highest BCUT2D eigenvalue weighted by Crippen LogP contribution is 2.32. The molecular weight excluding hydrogens is 258 g/mol. The van der Waals surface area contributed by atoms with E-state index in [1.807, 2.05) is 0 Å². The maximum Gasteiger partial charge on any atom is 0.0113 e. The molecule has 1 aliphatic carbocycles. The minimum absolute atomic E-state index is 0.613. The third-order valence-corrected chi connectivity index (χ3v) is 5.59. The third kappa shape index (κ3) is 5.54. The van der Waals surface area contributed by atoms with Crippen LogP contribution in [0.1, 0.15) is 53.4 Å². The molecule has 0 aromatic carbocycles. The van der Waals surface area contributed by atoms with Crippen LogP contribution in [0.3, 0.4) is 0 Å². The van der Waals surface area contributed by atoms with E-state index in [4.69, 9.17) is 0 Å². The highest BCUT2D eigenvalue weighted by molar-refractivity contribution is 4.84. The molecule has 0 spiro atoms. The molecule has 1 heterocycles. The highest BCUT2D eigenvalue weighted by Gasteiger charge is 2.29. The van der Waals surface area contributed by atoms with Crippen molar-refractivity contribution in [3.05, 3.63) is 0 Å². The van der Waals surface area contributed by atoms with Gasteiger partial charge in [0.05, 0.1) is 0 Å². The fourth-order valence-electron chi connectivity index (χ4n) is 4.00. The number of piperazine rings is 1. The monoisotopic (exact) mass is 295 g/mol. The van der Waals surface area contributed by atoms with Crippen LogP contribution in [0.5, 0.6) is 0 Å². The molecule has 1 saturated heterocycles. The molecule has 1 aliphatic heterocycles. The van der Waals surface area contributed by atoms with Crippen LogP contribution in [0.4, 0.5) is 0 Å². The van der Waals surface area contributed by atoms with Gasteiger partial charge >= 0.3 is 0 Å². The number of nitrogens with one attached hydrogen (secondary N) is 1. The molecule has 0 aromatic rings. The Bertz CT molecular complexity index is 274. The predicted molar refractivity (Wildman–Crippen MR) is 91.7 cm³/mol. The van der Waals surface area contributed by atoms with Crippen LogP contribution >= 0.6 is 0 Å². The molecule has 0 aromatic heterocycles. The van der Waals surface area contributed by atoms with Gasteiger partial charge in [-0.25, -0.2) is 0 Å². The Kier molecular flexibility index (Phi) is 6.97. The van der Waals surface area contributed by atoms with Gasteiger partial charge in [-0.3, -0.25) is 9.80 Å². The Balaban J connectivity index is 1.63. The SMILES string of the molecule is CC(C)NCCN1CCN(C2CCC(C(C)C)CC2)CC1. The summed E-state index contributed by atoms with van der Waals surface area (Å²) >= 11 is 0. The fourth-order valence-corrected chi connectivity index (χ4v) is 4.00. The van der Waals surface area contributed by atoms with Gasteiger partial charge < -0.3 is 5.32 Å². The van der Waals surface area contributed by atoms with Crippen LogP contribution in [0.2, 0.25) is 0 Å². The molecule has 0 bridgehead atoms. The minimum atomic E-state index is 0.613. The summed E-state index contributed by atoms with van der Waals surface area (Å²) in [6.45, 7) is 16.7. The van der Waals surface area contributed by atoms with Crippen molar-refractivity contribution in [1.29, 1.82) is 0 Å². The van der Waals surface area contributed by atoms with Gasteiger partial charge in [-0.1, -0.05) is 27.7 Å². The quantitative estimate of drug-likeness (QED) is 0.813. The molecule has 0 radical (unpaired) electrons. The summed E-state index contributed by atoms with van der Waals surface area (Å²) in [5.74, 6) is 1.88. The average Bonchev–Trinajstić information content (AvgIpc) is 2.48. The molecule has 3 nitrogen and oxygen atoms in total. The van der Waals surface area contributed by atoms with E-state index in [-0.39, 0.29) is 0 Å². The first kappa shape index (κ1) is 17.2. The molecule has 2 fully saturated rings. The summed E-state index contributed by atoms with van der Waals surface area (Å²) in [5, 5.41) is 3.53. The maximum atomic E-state index is 3.53. The van der Waals surface area contributed by atoms with Crippen LogP contribution in [0.15, 0.2) is 0 Å². The summed E-state index contributed by atoms with van der Waals surface area (Å²) in [5.41, 5.74) is 0. The lowest BCUT2D eigenvalue weighted by atomic mass is 9.79. The van der Waals surface area contributed by atoms with Gasteiger partial charge in [-0.05, 0) is 37.5 Å². The number of nitrogens with zero attached hydrogens (tertiary/aromatic N) is 2. The van der Waals surface area contributed by atoms with E-state index < -0.39 is 0 Å². The van der Waals surface area contributed by atoms with Crippen LogP contribution in [-0.2, 0) is 0 Å². The molecule has 21 heavy (non-hydrogen) atoms. The van der Waals surface area contributed by atoms with Crippen molar-refractivity contribution >= 4 is 0 Å². The summed E-state index contributed by atoms with van der Waals surface area (Å²) in [6, 6.07) is 1.50. The van der Waals surface area contributed by atoms with E-state index in [1.54, 1.807) is 0 Å². The first-order valence-electron chi connectivity index (χ1n) is 9.26. The van der Waals surface area contributed by atoms with E-state index in [9.17, 15) is 0 Å². The zero-order chi connectivity index (χ0) is 15.2. The largest absolute Gasteiger partial charge is 0.313 e. The predicted octanol–water partition coefficient (Wildman–Crippen LogP) is 2.82. The summed E-state index contributed by atoms with van der Waals surface area (Å²) < 4.78 is 0. The highest BCUT2D eigenvalue weighted by atomic mass is 15.3. The molecule has 1 N–H and O–H groups in total. The zero-order valence-corrected chi connectivity index (χ0v) is 14.8. The second-order valence-corrected chi connectivity index (χ2v) is 7.80. The molecular formula is C18H37N3. The normalized spacial score (nSPS) is 29.4. The van der Waals surface area contributed by atoms with Gasteiger partial charge in [0.1, 0.15) is 0 Å². The lowest BCUT2D eigenvalue weighted by Gasteiger charge is -2.42. The van der Waals surface area contributed by atoms with Gasteiger partial charge in [0.25, 0.3) is 0 Å². The minimum Gasteiger partial charge on any atom is -0.313 e. The van der Waals surface area contributed by atoms with Crippen molar-refractivity contribution in [3.8, 4) is 0 Å². The number of rotatable bonds is 6. The van der Waals surface area contributed by atoms with Gasteiger partial charge in [-0.2, -0.15) is 0 Å². The van der Waals surface area contributed by atoms with Crippen molar-refractivity contribution in [1.82, 2.24) is 15.1 Å². The lowest BCUT2D eigenvalue weighted by Crippen LogP contribution is -2.52. The smallest absolute Gasteiger partial charge is 0.0113 e. The van der Waals surface area contributed by atoms with E-state index in [2.05, 4.69) is 42.8 Å². The fraction of sp³-hybridized carbons (Fsp3) is 1.00. The number of hydrogen-bond donors (Lipinski definition) is 1. The van der Waals surface area contributed by atoms with E-state index in [1.165, 1.54) is 58.4 Å². The van der Waals surface area contributed by atoms with Crippen LogP contribution in [0.25, 0.3) is 0 Å². The first-order valence-corrected chi connectivity index (χ1v) is 9.26. The molecule has 2 aliphatic rings. The summed E-state index contributed by atoms with van der Waals surface area (Å²) in [7, 11) is 0. The second kappa shape index (κ2) is 8.50. The maximum absolute atomic E-state index is 3.53. The molecule has 124 valence electrons. The Labute approximate surface area is 132 Å². The lowest BCUT2D eigenvalue weighted by molar-refractivity contribution is 0.0657. The Morgan fingerprint density at radius 1 is 0.905 bits per heavy atom. The molecule has 0 atom stereocenters. The van der Waals surface area contributed by atoms with E-state index in [0.717, 1.165) is 24.4 Å². The van der Waals surface area contributed by atoms with Crippen molar-refractivity contribution in [2.45, 2.75) is 65.5 Å². The average molecular weight is 296 g/mol. The topological polar surface area (TPSA) is 18.5 Å². The molecule has 1 saturated carbocycles. The van der Waals surface area contributed by atoms with Crippen molar-refractivity contribution in [3.63, 3.8) is 0 Å². The molecule has 3 heteroatoms. The van der Waals surface area contributed by atoms with Crippen molar-refractivity contribution in [2.75, 3.05) is 39.3 Å². The Morgan fingerprint density at radius 3 is 2.05 bits per heavy atom. The van der Waals surface area contributed by atoms with Gasteiger partial charge in [0, 0.05) is 51.4 Å². The van der Waals surface area contributed by atoms with Gasteiger partial charge in [-0.15, -0.1) is 0 Å². The summed E-state index contributed by atoms with van der Waals surface area (Å²) in [6.07, 6.45) is 5.80. The second-order valence-electron chi connectivity index (χ2n) is 7.80. The third-order valence-electron chi connectivity index (χ3n) is 5.59. The first-order chi connectivity index (χ1) is 10.1. The van der Waals surface area contributed by atoms with Crippen molar-refractivity contribution in [2.24, 2.45) is 11.8 Å². The molecule has 0 amide bonds. The Hall–Kier alpha value is -0.120. The summed E-state index contributed by atoms with van der Waals surface area (Å²) in [4.78, 5) is 5.41. The van der Waals surface area contributed by atoms with Crippen LogP contribution in [-0.4, -0.2) is 61.2 Å². The molecule has 2 rings (SSSR count). The molecule has 0 unspecified atom stereocenters.